The van der Waals surface area contributed by atoms with E-state index in [1.165, 1.54) is 6.26 Å². The Morgan fingerprint density at radius 3 is 2.33 bits per heavy atom. The van der Waals surface area contributed by atoms with Crippen molar-refractivity contribution in [3.63, 3.8) is 0 Å². The van der Waals surface area contributed by atoms with Gasteiger partial charge in [-0.3, -0.25) is 5.32 Å². The summed E-state index contributed by atoms with van der Waals surface area (Å²) in [6.07, 6.45) is 1.19. The molecule has 0 aromatic rings. The molecule has 0 unspecified atom stereocenters. The van der Waals surface area contributed by atoms with Crippen molar-refractivity contribution in [2.45, 2.75) is 0 Å². The van der Waals surface area contributed by atoms with Crippen molar-refractivity contribution in [2.75, 3.05) is 25.8 Å². The highest BCUT2D eigenvalue weighted by molar-refractivity contribution is 7.90. The van der Waals surface area contributed by atoms with Crippen LogP contribution in [0.15, 0.2) is 0 Å². The van der Waals surface area contributed by atoms with Gasteiger partial charge < -0.3 is 5.32 Å². The molecule has 0 aliphatic carbocycles. The van der Waals surface area contributed by atoms with Crippen molar-refractivity contribution in [1.29, 1.82) is 0 Å². The zero-order chi connectivity index (χ0) is 7.33. The van der Waals surface area contributed by atoms with Gasteiger partial charge >= 0.3 is 0 Å². The summed E-state index contributed by atoms with van der Waals surface area (Å²) in [6.45, 7) is 0.521. The maximum absolute atomic E-state index is 10.4. The Balaban J connectivity index is 3.30. The summed E-state index contributed by atoms with van der Waals surface area (Å²) in [5.41, 5.74) is 0. The topological polar surface area (TPSA) is 58.2 Å². The van der Waals surface area contributed by atoms with Gasteiger partial charge in [0.2, 0.25) is 0 Å². The molecule has 0 saturated carbocycles. The van der Waals surface area contributed by atoms with Gasteiger partial charge in [0, 0.05) is 12.9 Å². The van der Waals surface area contributed by atoms with Gasteiger partial charge in [-0.1, -0.05) is 0 Å². The first-order valence-corrected chi connectivity index (χ1v) is 4.65. The first kappa shape index (κ1) is 8.87. The van der Waals surface area contributed by atoms with Crippen LogP contribution in [0.2, 0.25) is 0 Å². The third-order valence-corrected chi connectivity index (χ3v) is 1.39. The highest BCUT2D eigenvalue weighted by Crippen LogP contribution is 1.74. The first-order valence-electron chi connectivity index (χ1n) is 2.59. The molecule has 0 rings (SSSR count). The Labute approximate surface area is 55.6 Å². The fourth-order valence-electron chi connectivity index (χ4n) is 0.361. The molecule has 0 atom stereocenters. The van der Waals surface area contributed by atoms with E-state index in [9.17, 15) is 8.42 Å². The zero-order valence-electron chi connectivity index (χ0n) is 5.64. The highest BCUT2D eigenvalue weighted by Gasteiger charge is 1.97. The van der Waals surface area contributed by atoms with Crippen LogP contribution in [-0.2, 0) is 9.84 Å². The molecule has 0 saturated heterocycles. The van der Waals surface area contributed by atoms with Crippen LogP contribution < -0.4 is 10.6 Å². The summed E-state index contributed by atoms with van der Waals surface area (Å²) in [5.74, 6) is 0.0356. The average molecular weight is 152 g/mol. The molecule has 0 amide bonds. The Morgan fingerprint density at radius 2 is 2.00 bits per heavy atom. The lowest BCUT2D eigenvalue weighted by atomic mass is 11.0. The van der Waals surface area contributed by atoms with E-state index in [2.05, 4.69) is 10.6 Å². The second-order valence-electron chi connectivity index (χ2n) is 1.85. The highest BCUT2D eigenvalue weighted by atomic mass is 32.2. The maximum atomic E-state index is 10.4. The van der Waals surface area contributed by atoms with Gasteiger partial charge in [0.1, 0.15) is 0 Å². The van der Waals surface area contributed by atoms with Gasteiger partial charge in [-0.05, 0) is 7.05 Å². The van der Waals surface area contributed by atoms with E-state index >= 15 is 0 Å². The molecule has 0 aromatic heterocycles. The van der Waals surface area contributed by atoms with Crippen LogP contribution in [0.3, 0.4) is 0 Å². The van der Waals surface area contributed by atoms with Crippen LogP contribution in [0, 0.1) is 0 Å². The number of nitrogens with one attached hydrogen (secondary N) is 2. The second-order valence-corrected chi connectivity index (χ2v) is 3.99. The van der Waals surface area contributed by atoms with E-state index in [1.807, 2.05) is 0 Å². The molecule has 0 radical (unpaired) electrons. The second kappa shape index (κ2) is 3.81. The molecule has 5 heteroatoms. The summed E-state index contributed by atoms with van der Waals surface area (Å²) in [6, 6.07) is 0. The minimum absolute atomic E-state index is 0.0356. The van der Waals surface area contributed by atoms with Gasteiger partial charge in [-0.15, -0.1) is 0 Å². The smallest absolute Gasteiger partial charge is 0.160 e. The fraction of sp³-hybridized carbons (Fsp3) is 1.00. The average Bonchev–Trinajstić information content (AvgIpc) is 1.63. The molecule has 9 heavy (non-hydrogen) atoms. The summed E-state index contributed by atoms with van der Waals surface area (Å²) in [4.78, 5) is 0. The van der Waals surface area contributed by atoms with Gasteiger partial charge in [0.05, 0.1) is 5.88 Å². The molecule has 4 nitrogen and oxygen atoms in total. The van der Waals surface area contributed by atoms with E-state index in [0.717, 1.165) is 0 Å². The van der Waals surface area contributed by atoms with Gasteiger partial charge in [-0.2, -0.15) is 0 Å². The lowest BCUT2D eigenvalue weighted by Crippen LogP contribution is -2.30. The molecule has 0 bridgehead atoms. The monoisotopic (exact) mass is 152 g/mol. The summed E-state index contributed by atoms with van der Waals surface area (Å²) in [5, 5.41) is 5.44. The van der Waals surface area contributed by atoms with Crippen LogP contribution in [0.25, 0.3) is 0 Å². The molecule has 0 aliphatic rings. The molecule has 0 fully saturated rings. The Hall–Kier alpha value is -0.130. The van der Waals surface area contributed by atoms with Gasteiger partial charge in [0.25, 0.3) is 0 Å². The third-order valence-electron chi connectivity index (χ3n) is 0.666. The number of sulfone groups is 1. The lowest BCUT2D eigenvalue weighted by Gasteiger charge is -1.99. The standard InChI is InChI=1S/C4H12N2O2S/c1-5-3-6-4-9(2,7)8/h5-6H,3-4H2,1-2H3. The van der Waals surface area contributed by atoms with E-state index in [1.54, 1.807) is 7.05 Å². The van der Waals surface area contributed by atoms with Crippen molar-refractivity contribution in [3.8, 4) is 0 Å². The largest absolute Gasteiger partial charge is 0.308 e. The quantitative estimate of drug-likeness (QED) is 0.390. The number of hydrogen-bond acceptors (Lipinski definition) is 4. The van der Waals surface area contributed by atoms with Crippen molar-refractivity contribution in [2.24, 2.45) is 0 Å². The molecule has 0 spiro atoms. The Kier molecular flexibility index (Phi) is 3.76. The number of hydrogen-bond donors (Lipinski definition) is 2. The minimum Gasteiger partial charge on any atom is -0.308 e. The molecular weight excluding hydrogens is 140 g/mol. The normalized spacial score (nSPS) is 11.8. The molecule has 0 aliphatic heterocycles. The third kappa shape index (κ3) is 7.87. The predicted octanol–water partition coefficient (Wildman–Crippen LogP) is -1.24. The Morgan fingerprint density at radius 1 is 1.44 bits per heavy atom. The van der Waals surface area contributed by atoms with Crippen LogP contribution in [0.5, 0.6) is 0 Å². The molecular formula is C4H12N2O2S. The summed E-state index contributed by atoms with van der Waals surface area (Å²) >= 11 is 0. The van der Waals surface area contributed by atoms with Crippen molar-refractivity contribution >= 4 is 9.84 Å². The minimum atomic E-state index is -2.85. The van der Waals surface area contributed by atoms with E-state index in [0.29, 0.717) is 6.67 Å². The predicted molar refractivity (Wildman–Crippen MR) is 36.8 cm³/mol. The van der Waals surface area contributed by atoms with E-state index < -0.39 is 9.84 Å². The molecule has 0 heterocycles. The Bertz CT molecular complexity index is 152. The summed E-state index contributed by atoms with van der Waals surface area (Å²) < 4.78 is 20.8. The van der Waals surface area contributed by atoms with Gasteiger partial charge in [-0.25, -0.2) is 8.42 Å². The van der Waals surface area contributed by atoms with Crippen LogP contribution in [0.4, 0.5) is 0 Å². The van der Waals surface area contributed by atoms with Crippen molar-refractivity contribution in [1.82, 2.24) is 10.6 Å². The fourth-order valence-corrected chi connectivity index (χ4v) is 0.834. The van der Waals surface area contributed by atoms with Crippen molar-refractivity contribution < 1.29 is 8.42 Å². The first-order chi connectivity index (χ1) is 4.06. The SMILES string of the molecule is CNCNCS(C)(=O)=O. The van der Waals surface area contributed by atoms with E-state index in [-0.39, 0.29) is 5.88 Å². The van der Waals surface area contributed by atoms with E-state index in [4.69, 9.17) is 0 Å². The maximum Gasteiger partial charge on any atom is 0.160 e. The lowest BCUT2D eigenvalue weighted by molar-refractivity contribution is 0.588. The van der Waals surface area contributed by atoms with Crippen LogP contribution >= 0.6 is 0 Å². The zero-order valence-corrected chi connectivity index (χ0v) is 6.46. The molecule has 56 valence electrons. The van der Waals surface area contributed by atoms with Crippen molar-refractivity contribution in [3.05, 3.63) is 0 Å². The van der Waals surface area contributed by atoms with Gasteiger partial charge in [0.15, 0.2) is 9.84 Å². The van der Waals surface area contributed by atoms with Crippen LogP contribution in [0.1, 0.15) is 0 Å². The van der Waals surface area contributed by atoms with Crippen LogP contribution in [-0.4, -0.2) is 34.3 Å². The molecule has 2 N–H and O–H groups in total. The summed E-state index contributed by atoms with van der Waals surface area (Å²) in [7, 11) is -1.10. The molecule has 0 aromatic carbocycles. The number of rotatable bonds is 4.